The van der Waals surface area contributed by atoms with E-state index >= 15 is 0 Å². The van der Waals surface area contributed by atoms with E-state index in [0.29, 0.717) is 11.3 Å². The number of carbonyl (C=O) groups excluding carboxylic acids is 1. The molecule has 110 valence electrons. The van der Waals surface area contributed by atoms with Crippen molar-refractivity contribution in [1.29, 1.82) is 0 Å². The second kappa shape index (κ2) is 5.39. The van der Waals surface area contributed by atoms with Gasteiger partial charge in [0.2, 0.25) is 5.91 Å². The first kappa shape index (κ1) is 14.8. The molecular weight excluding hydrogens is 245 g/mol. The molecule has 0 unspecified atom stereocenters. The molecule has 2 fully saturated rings. The van der Waals surface area contributed by atoms with Crippen LogP contribution in [-0.2, 0) is 4.79 Å². The van der Waals surface area contributed by atoms with E-state index in [0.717, 1.165) is 25.7 Å². The molecule has 1 saturated heterocycles. The van der Waals surface area contributed by atoms with Crippen molar-refractivity contribution < 1.29 is 14.3 Å². The summed E-state index contributed by atoms with van der Waals surface area (Å²) in [6.45, 7) is 7.00. The topological polar surface area (TPSA) is 40.5 Å². The van der Waals surface area contributed by atoms with Gasteiger partial charge in [-0.05, 0) is 37.0 Å². The molecule has 3 nitrogen and oxygen atoms in total. The number of alkyl halides is 1. The quantitative estimate of drug-likeness (QED) is 0.795. The average molecular weight is 271 g/mol. The molecule has 2 aliphatic rings. The van der Waals surface area contributed by atoms with Crippen molar-refractivity contribution in [2.75, 3.05) is 13.1 Å². The normalized spacial score (nSPS) is 36.6. The third-order valence-corrected chi connectivity index (χ3v) is 4.83. The third-order valence-electron chi connectivity index (χ3n) is 4.83. The molecule has 0 aromatic heterocycles. The number of rotatable bonds is 1. The maximum atomic E-state index is 13.3. The molecule has 1 aliphatic carbocycles. The SMILES string of the molecule is CC(C)(C)C1CCC(C(=O)N2C[C@@H](O)[C@H](F)C2)CC1. The zero-order valence-electron chi connectivity index (χ0n) is 12.2. The van der Waals surface area contributed by atoms with Crippen molar-refractivity contribution >= 4 is 5.91 Å². The summed E-state index contributed by atoms with van der Waals surface area (Å²) in [4.78, 5) is 13.8. The van der Waals surface area contributed by atoms with Crippen LogP contribution in [0.2, 0.25) is 0 Å². The number of hydrogen-bond donors (Lipinski definition) is 1. The Labute approximate surface area is 115 Å². The van der Waals surface area contributed by atoms with Gasteiger partial charge in [0.25, 0.3) is 0 Å². The maximum absolute atomic E-state index is 13.3. The van der Waals surface area contributed by atoms with E-state index in [-0.39, 0.29) is 24.9 Å². The van der Waals surface area contributed by atoms with Crippen molar-refractivity contribution in [3.8, 4) is 0 Å². The first-order chi connectivity index (χ1) is 8.79. The van der Waals surface area contributed by atoms with Crippen LogP contribution in [0.15, 0.2) is 0 Å². The first-order valence-corrected chi connectivity index (χ1v) is 7.40. The lowest BCUT2D eigenvalue weighted by Gasteiger charge is -2.37. The summed E-state index contributed by atoms with van der Waals surface area (Å²) in [6.07, 6.45) is 1.71. The highest BCUT2D eigenvalue weighted by Gasteiger charge is 2.39. The van der Waals surface area contributed by atoms with Gasteiger partial charge in [-0.15, -0.1) is 0 Å². The van der Waals surface area contributed by atoms with Crippen LogP contribution in [0.5, 0.6) is 0 Å². The molecule has 0 aromatic rings. The van der Waals surface area contributed by atoms with Gasteiger partial charge in [-0.25, -0.2) is 4.39 Å². The Morgan fingerprint density at radius 3 is 2.16 bits per heavy atom. The molecule has 0 bridgehead atoms. The summed E-state index contributed by atoms with van der Waals surface area (Å²) in [5.74, 6) is 0.761. The molecule has 1 aliphatic heterocycles. The molecule has 0 spiro atoms. The second-order valence-corrected chi connectivity index (χ2v) is 7.24. The Morgan fingerprint density at radius 1 is 1.16 bits per heavy atom. The van der Waals surface area contributed by atoms with Gasteiger partial charge < -0.3 is 10.0 Å². The Bertz CT molecular complexity index is 322. The van der Waals surface area contributed by atoms with Crippen LogP contribution in [0.3, 0.4) is 0 Å². The van der Waals surface area contributed by atoms with Crippen molar-refractivity contribution in [2.45, 2.75) is 58.7 Å². The highest BCUT2D eigenvalue weighted by molar-refractivity contribution is 5.79. The van der Waals surface area contributed by atoms with E-state index in [1.54, 1.807) is 0 Å². The summed E-state index contributed by atoms with van der Waals surface area (Å²) in [7, 11) is 0. The van der Waals surface area contributed by atoms with Crippen molar-refractivity contribution in [1.82, 2.24) is 4.90 Å². The first-order valence-electron chi connectivity index (χ1n) is 7.40. The molecule has 1 saturated carbocycles. The molecule has 1 heterocycles. The predicted molar refractivity (Wildman–Crippen MR) is 72.4 cm³/mol. The molecule has 1 amide bonds. The smallest absolute Gasteiger partial charge is 0.225 e. The van der Waals surface area contributed by atoms with Gasteiger partial charge in [0.15, 0.2) is 0 Å². The molecule has 2 rings (SSSR count). The molecule has 19 heavy (non-hydrogen) atoms. The predicted octanol–water partition coefficient (Wildman–Crippen LogP) is 2.38. The lowest BCUT2D eigenvalue weighted by molar-refractivity contribution is -0.136. The summed E-state index contributed by atoms with van der Waals surface area (Å²) in [5.41, 5.74) is 0.307. The van der Waals surface area contributed by atoms with E-state index in [1.807, 2.05) is 0 Å². The van der Waals surface area contributed by atoms with Gasteiger partial charge in [0.05, 0.1) is 6.54 Å². The Morgan fingerprint density at radius 2 is 1.74 bits per heavy atom. The Balaban J connectivity index is 1.86. The fourth-order valence-corrected chi connectivity index (χ4v) is 3.39. The van der Waals surface area contributed by atoms with E-state index in [1.165, 1.54) is 4.90 Å². The van der Waals surface area contributed by atoms with Gasteiger partial charge in [-0.3, -0.25) is 4.79 Å². The molecule has 1 N–H and O–H groups in total. The van der Waals surface area contributed by atoms with E-state index in [4.69, 9.17) is 0 Å². The van der Waals surface area contributed by atoms with Gasteiger partial charge in [-0.2, -0.15) is 0 Å². The lowest BCUT2D eigenvalue weighted by Crippen LogP contribution is -2.38. The van der Waals surface area contributed by atoms with Crippen molar-refractivity contribution in [3.63, 3.8) is 0 Å². The largest absolute Gasteiger partial charge is 0.388 e. The lowest BCUT2D eigenvalue weighted by atomic mass is 9.69. The third kappa shape index (κ3) is 3.28. The van der Waals surface area contributed by atoms with E-state index in [9.17, 15) is 14.3 Å². The molecule has 0 radical (unpaired) electrons. The number of halogens is 1. The minimum Gasteiger partial charge on any atom is -0.388 e. The van der Waals surface area contributed by atoms with E-state index < -0.39 is 12.3 Å². The van der Waals surface area contributed by atoms with Crippen LogP contribution < -0.4 is 0 Å². The monoisotopic (exact) mass is 271 g/mol. The van der Waals surface area contributed by atoms with Crippen molar-refractivity contribution in [2.24, 2.45) is 17.3 Å². The summed E-state index contributed by atoms with van der Waals surface area (Å²) >= 11 is 0. The minimum atomic E-state index is -1.27. The zero-order chi connectivity index (χ0) is 14.2. The number of carbonyl (C=O) groups is 1. The summed E-state index contributed by atoms with van der Waals surface area (Å²) < 4.78 is 13.3. The fourth-order valence-electron chi connectivity index (χ4n) is 3.39. The maximum Gasteiger partial charge on any atom is 0.225 e. The molecule has 0 aromatic carbocycles. The average Bonchev–Trinajstić information content (AvgIpc) is 2.68. The number of β-amino-alcohol motifs (C(OH)–C–C–N with tert-alkyl or cyclic N) is 1. The highest BCUT2D eigenvalue weighted by Crippen LogP contribution is 2.40. The summed E-state index contributed by atoms with van der Waals surface area (Å²) in [6, 6.07) is 0. The molecule has 2 atom stereocenters. The van der Waals surface area contributed by atoms with Crippen LogP contribution in [0, 0.1) is 17.3 Å². The second-order valence-electron chi connectivity index (χ2n) is 7.24. The number of likely N-dealkylation sites (tertiary alicyclic amines) is 1. The van der Waals surface area contributed by atoms with Crippen LogP contribution in [0.1, 0.15) is 46.5 Å². The van der Waals surface area contributed by atoms with Gasteiger partial charge in [-0.1, -0.05) is 20.8 Å². The van der Waals surface area contributed by atoms with Crippen LogP contribution in [-0.4, -0.2) is 41.3 Å². The number of aliphatic hydroxyl groups is 1. The van der Waals surface area contributed by atoms with Crippen LogP contribution in [0.25, 0.3) is 0 Å². The van der Waals surface area contributed by atoms with Crippen LogP contribution in [0.4, 0.5) is 4.39 Å². The van der Waals surface area contributed by atoms with Gasteiger partial charge >= 0.3 is 0 Å². The summed E-state index contributed by atoms with van der Waals surface area (Å²) in [5, 5.41) is 9.40. The van der Waals surface area contributed by atoms with E-state index in [2.05, 4.69) is 20.8 Å². The number of hydrogen-bond acceptors (Lipinski definition) is 2. The minimum absolute atomic E-state index is 0.0381. The Kier molecular flexibility index (Phi) is 4.19. The molecule has 4 heteroatoms. The van der Waals surface area contributed by atoms with Crippen LogP contribution >= 0.6 is 0 Å². The van der Waals surface area contributed by atoms with Gasteiger partial charge in [0.1, 0.15) is 12.3 Å². The van der Waals surface area contributed by atoms with Gasteiger partial charge in [0, 0.05) is 12.5 Å². The van der Waals surface area contributed by atoms with Crippen molar-refractivity contribution in [3.05, 3.63) is 0 Å². The zero-order valence-corrected chi connectivity index (χ0v) is 12.2. The Hall–Kier alpha value is -0.640. The number of aliphatic hydroxyl groups excluding tert-OH is 1. The number of nitrogens with zero attached hydrogens (tertiary/aromatic N) is 1. The fraction of sp³-hybridized carbons (Fsp3) is 0.933. The number of amides is 1. The highest BCUT2D eigenvalue weighted by atomic mass is 19.1. The standard InChI is InChI=1S/C15H26FNO2/c1-15(2,3)11-6-4-10(5-7-11)14(19)17-8-12(16)13(18)9-17/h10-13,18H,4-9H2,1-3H3/t10?,11?,12-,13-/m1/s1. The molecular formula is C15H26FNO2.